The van der Waals surface area contributed by atoms with E-state index in [1.165, 1.54) is 56.4 Å². The van der Waals surface area contributed by atoms with Gasteiger partial charge < -0.3 is 20.4 Å². The van der Waals surface area contributed by atoms with Gasteiger partial charge in [-0.05, 0) is 36.1 Å². The Kier molecular flexibility index (Phi) is 7.96. The number of benzene rings is 2. The predicted molar refractivity (Wildman–Crippen MR) is 96.6 cm³/mol. The topological polar surface area (TPSA) is 80.9 Å². The van der Waals surface area contributed by atoms with E-state index in [-0.39, 0.29) is 30.4 Å². The number of aromatic hydroxyl groups is 4. The van der Waals surface area contributed by atoms with Gasteiger partial charge in [0, 0.05) is 12.1 Å². The minimum absolute atomic E-state index is 0. The predicted octanol–water partition coefficient (Wildman–Crippen LogP) is 4.95. The zero-order chi connectivity index (χ0) is 16.7. The van der Waals surface area contributed by atoms with Gasteiger partial charge in [-0.3, -0.25) is 0 Å². The summed E-state index contributed by atoms with van der Waals surface area (Å²) in [5.41, 5.74) is 0.972. The Bertz CT molecular complexity index is 602. The molecule has 2 aromatic carbocycles. The molecule has 1 saturated carbocycles. The minimum atomic E-state index is 0. The Morgan fingerprint density at radius 1 is 0.750 bits per heavy atom. The summed E-state index contributed by atoms with van der Waals surface area (Å²) in [6.45, 7) is 0. The van der Waals surface area contributed by atoms with Gasteiger partial charge in [-0.15, -0.1) is 0 Å². The molecule has 0 atom stereocenters. The molecule has 2 aromatic rings. The molecule has 0 amide bonds. The highest BCUT2D eigenvalue weighted by molar-refractivity contribution is 5.39. The molecule has 0 spiro atoms. The molecule has 4 heteroatoms. The van der Waals surface area contributed by atoms with Gasteiger partial charge >= 0.3 is 0 Å². The highest BCUT2D eigenvalue weighted by Crippen LogP contribution is 2.31. The van der Waals surface area contributed by atoms with E-state index in [2.05, 4.69) is 0 Å². The van der Waals surface area contributed by atoms with E-state index in [4.69, 9.17) is 10.2 Å². The molecule has 0 aliphatic heterocycles. The van der Waals surface area contributed by atoms with Gasteiger partial charge in [0.15, 0.2) is 0 Å². The van der Waals surface area contributed by atoms with Crippen molar-refractivity contribution >= 4 is 0 Å². The van der Waals surface area contributed by atoms with Crippen LogP contribution in [0.15, 0.2) is 42.5 Å². The van der Waals surface area contributed by atoms with Gasteiger partial charge in [0.2, 0.25) is 0 Å². The van der Waals surface area contributed by atoms with Crippen LogP contribution < -0.4 is 0 Å². The molecule has 4 N–H and O–H groups in total. The number of hydrogen-bond acceptors (Lipinski definition) is 4. The van der Waals surface area contributed by atoms with Gasteiger partial charge in [0.25, 0.3) is 0 Å². The zero-order valence-corrected chi connectivity index (χ0v) is 13.2. The average molecular weight is 332 g/mol. The molecule has 4 nitrogen and oxygen atoms in total. The maximum absolute atomic E-state index is 9.66. The van der Waals surface area contributed by atoms with Gasteiger partial charge in [-0.2, -0.15) is 0 Å². The summed E-state index contributed by atoms with van der Waals surface area (Å²) in [4.78, 5) is 0. The Balaban J connectivity index is 0.000000273. The van der Waals surface area contributed by atoms with E-state index in [0.717, 1.165) is 12.0 Å². The summed E-state index contributed by atoms with van der Waals surface area (Å²) in [6, 6.07) is 10.8. The van der Waals surface area contributed by atoms with Gasteiger partial charge in [-0.25, -0.2) is 0 Å². The van der Waals surface area contributed by atoms with Crippen LogP contribution in [0.2, 0.25) is 0 Å². The summed E-state index contributed by atoms with van der Waals surface area (Å²) < 4.78 is 0. The number of rotatable bonds is 2. The third-order valence-corrected chi connectivity index (χ3v) is 4.13. The lowest BCUT2D eigenvalue weighted by atomic mass is 9.85. The zero-order valence-electron chi connectivity index (χ0n) is 13.2. The molecule has 1 aliphatic rings. The van der Waals surface area contributed by atoms with Crippen LogP contribution in [0.25, 0.3) is 0 Å². The third-order valence-electron chi connectivity index (χ3n) is 4.13. The maximum Gasteiger partial charge on any atom is 0.122 e. The van der Waals surface area contributed by atoms with E-state index in [1.807, 2.05) is 6.07 Å². The second-order valence-corrected chi connectivity index (χ2v) is 6.04. The van der Waals surface area contributed by atoms with Crippen molar-refractivity contribution in [2.75, 3.05) is 0 Å². The van der Waals surface area contributed by atoms with Crippen LogP contribution in [0.5, 0.6) is 23.0 Å². The molecule has 3 rings (SSSR count). The van der Waals surface area contributed by atoms with Crippen LogP contribution in [0.3, 0.4) is 0 Å². The molecule has 0 aromatic heterocycles. The van der Waals surface area contributed by atoms with E-state index in [0.29, 0.717) is 5.92 Å². The first-order chi connectivity index (χ1) is 11.0. The molecular formula is C20H28O4. The molecule has 0 bridgehead atoms. The Morgan fingerprint density at radius 3 is 1.83 bits per heavy atom. The lowest BCUT2D eigenvalue weighted by Gasteiger charge is -2.21. The highest BCUT2D eigenvalue weighted by Gasteiger charge is 2.15. The standard InChI is InChI=1S/C13H18O2.C6H6O2.CH4/c14-12-7-6-11(13(15)9-12)8-10-4-2-1-3-5-10;7-5-2-1-3-6(8)4-5;/h6-7,9-10,14-15H,1-5,8H2;1-4,7-8H;1H4. The van der Waals surface area contributed by atoms with E-state index < -0.39 is 0 Å². The fourth-order valence-electron chi connectivity index (χ4n) is 2.92. The first-order valence-electron chi connectivity index (χ1n) is 8.03. The summed E-state index contributed by atoms with van der Waals surface area (Å²) in [5.74, 6) is 1.27. The second kappa shape index (κ2) is 9.71. The van der Waals surface area contributed by atoms with Crippen molar-refractivity contribution < 1.29 is 20.4 Å². The Labute approximate surface area is 144 Å². The molecule has 1 aliphatic carbocycles. The first kappa shape index (κ1) is 19.7. The monoisotopic (exact) mass is 332 g/mol. The van der Waals surface area contributed by atoms with Crippen molar-refractivity contribution in [3.05, 3.63) is 48.0 Å². The molecule has 132 valence electrons. The van der Waals surface area contributed by atoms with Crippen LogP contribution >= 0.6 is 0 Å². The maximum atomic E-state index is 9.66. The van der Waals surface area contributed by atoms with Gasteiger partial charge in [0.05, 0.1) is 0 Å². The normalized spacial score (nSPS) is 14.2. The van der Waals surface area contributed by atoms with Crippen LogP contribution in [0.4, 0.5) is 0 Å². The van der Waals surface area contributed by atoms with Crippen molar-refractivity contribution in [1.82, 2.24) is 0 Å². The first-order valence-corrected chi connectivity index (χ1v) is 8.03. The number of phenolic OH excluding ortho intramolecular Hbond substituents is 4. The lowest BCUT2D eigenvalue weighted by Crippen LogP contribution is -2.09. The quantitative estimate of drug-likeness (QED) is 0.627. The summed E-state index contributed by atoms with van der Waals surface area (Å²) in [7, 11) is 0. The van der Waals surface area contributed by atoms with Crippen molar-refractivity contribution in [1.29, 1.82) is 0 Å². The highest BCUT2D eigenvalue weighted by atomic mass is 16.3. The van der Waals surface area contributed by atoms with Crippen molar-refractivity contribution in [2.45, 2.75) is 46.0 Å². The van der Waals surface area contributed by atoms with E-state index >= 15 is 0 Å². The molecule has 0 heterocycles. The van der Waals surface area contributed by atoms with Crippen LogP contribution in [0.1, 0.15) is 45.1 Å². The van der Waals surface area contributed by atoms with Crippen LogP contribution in [-0.4, -0.2) is 20.4 Å². The molecule has 24 heavy (non-hydrogen) atoms. The van der Waals surface area contributed by atoms with E-state index in [1.54, 1.807) is 12.1 Å². The molecular weight excluding hydrogens is 304 g/mol. The number of phenols is 4. The fourth-order valence-corrected chi connectivity index (χ4v) is 2.92. The summed E-state index contributed by atoms with van der Waals surface area (Å²) in [5, 5.41) is 36.2. The minimum Gasteiger partial charge on any atom is -0.508 e. The Morgan fingerprint density at radius 2 is 1.33 bits per heavy atom. The molecule has 0 saturated heterocycles. The van der Waals surface area contributed by atoms with Crippen LogP contribution in [-0.2, 0) is 6.42 Å². The largest absolute Gasteiger partial charge is 0.508 e. The summed E-state index contributed by atoms with van der Waals surface area (Å²) >= 11 is 0. The summed E-state index contributed by atoms with van der Waals surface area (Å²) in [6.07, 6.45) is 7.51. The Hall–Kier alpha value is -2.36. The second-order valence-electron chi connectivity index (χ2n) is 6.04. The average Bonchev–Trinajstić information content (AvgIpc) is 2.52. The van der Waals surface area contributed by atoms with Crippen molar-refractivity contribution in [2.24, 2.45) is 5.92 Å². The van der Waals surface area contributed by atoms with Gasteiger partial charge in [0.1, 0.15) is 23.0 Å². The third kappa shape index (κ3) is 6.41. The number of hydrogen-bond donors (Lipinski definition) is 4. The molecule has 0 radical (unpaired) electrons. The smallest absolute Gasteiger partial charge is 0.122 e. The van der Waals surface area contributed by atoms with Crippen molar-refractivity contribution in [3.63, 3.8) is 0 Å². The van der Waals surface area contributed by atoms with Crippen molar-refractivity contribution in [3.8, 4) is 23.0 Å². The SMILES string of the molecule is C.Oc1ccc(CC2CCCCC2)c(O)c1.Oc1cccc(O)c1. The fraction of sp³-hybridized carbons (Fsp3) is 0.400. The molecule has 0 unspecified atom stereocenters. The van der Waals surface area contributed by atoms with Gasteiger partial charge in [-0.1, -0.05) is 51.7 Å². The van der Waals surface area contributed by atoms with Crippen LogP contribution in [0, 0.1) is 5.92 Å². The lowest BCUT2D eigenvalue weighted by molar-refractivity contribution is 0.351. The van der Waals surface area contributed by atoms with E-state index in [9.17, 15) is 10.2 Å². The molecule has 1 fully saturated rings.